The lowest BCUT2D eigenvalue weighted by atomic mass is 10.1. The van der Waals surface area contributed by atoms with Gasteiger partial charge in [0.2, 0.25) is 0 Å². The van der Waals surface area contributed by atoms with E-state index >= 15 is 0 Å². The fourth-order valence-corrected chi connectivity index (χ4v) is 1.85. The summed E-state index contributed by atoms with van der Waals surface area (Å²) in [5, 5.41) is 12.3. The highest BCUT2D eigenvalue weighted by Crippen LogP contribution is 2.16. The number of hydrogen-bond acceptors (Lipinski definition) is 4. The van der Waals surface area contributed by atoms with E-state index in [0.717, 1.165) is 26.2 Å². The Balaban J connectivity index is 1.98. The number of ether oxygens (including phenoxy) is 1. The number of nitriles is 1. The van der Waals surface area contributed by atoms with Crippen molar-refractivity contribution in [3.63, 3.8) is 0 Å². The number of anilines is 1. The minimum atomic E-state index is 0.337. The Hall–Kier alpha value is -1.31. The quantitative estimate of drug-likeness (QED) is 0.818. The van der Waals surface area contributed by atoms with Crippen LogP contribution >= 0.6 is 11.6 Å². The van der Waals surface area contributed by atoms with Crippen molar-refractivity contribution < 1.29 is 4.74 Å². The molecule has 16 heavy (non-hydrogen) atoms. The van der Waals surface area contributed by atoms with Gasteiger partial charge < -0.3 is 10.1 Å². The van der Waals surface area contributed by atoms with E-state index in [1.165, 1.54) is 0 Å². The number of hydrogen-bond donors (Lipinski definition) is 1. The van der Waals surface area contributed by atoms with Crippen molar-refractivity contribution in [1.29, 1.82) is 5.26 Å². The predicted molar refractivity (Wildman–Crippen MR) is 61.4 cm³/mol. The molecule has 2 rings (SSSR count). The summed E-state index contributed by atoms with van der Waals surface area (Å²) < 4.78 is 5.28. The van der Waals surface area contributed by atoms with Crippen LogP contribution in [0.15, 0.2) is 12.1 Å². The molecule has 1 N–H and O–H groups in total. The fourth-order valence-electron chi connectivity index (χ4n) is 1.65. The molecule has 1 fully saturated rings. The first-order valence-electron chi connectivity index (χ1n) is 5.17. The van der Waals surface area contributed by atoms with Gasteiger partial charge in [0.15, 0.2) is 0 Å². The molecule has 0 aliphatic carbocycles. The van der Waals surface area contributed by atoms with Gasteiger partial charge in [0.1, 0.15) is 11.0 Å². The van der Waals surface area contributed by atoms with Gasteiger partial charge in [0, 0.05) is 19.1 Å². The number of nitrogens with zero attached hydrogens (tertiary/aromatic N) is 2. The fraction of sp³-hybridized carbons (Fsp3) is 0.455. The minimum Gasteiger partial charge on any atom is -0.381 e. The molecule has 1 aromatic rings. The van der Waals surface area contributed by atoms with E-state index in [9.17, 15) is 0 Å². The highest BCUT2D eigenvalue weighted by Gasteiger charge is 2.15. The van der Waals surface area contributed by atoms with Gasteiger partial charge in [-0.05, 0) is 18.6 Å². The summed E-state index contributed by atoms with van der Waals surface area (Å²) in [5.41, 5.74) is 0.519. The second kappa shape index (κ2) is 5.15. The van der Waals surface area contributed by atoms with Gasteiger partial charge in [-0.2, -0.15) is 5.26 Å². The number of rotatable bonds is 3. The monoisotopic (exact) mass is 237 g/mol. The lowest BCUT2D eigenvalue weighted by Crippen LogP contribution is -2.14. The number of pyridine rings is 1. The molecule has 1 aliphatic rings. The Morgan fingerprint density at radius 2 is 2.50 bits per heavy atom. The maximum Gasteiger partial charge on any atom is 0.132 e. The molecule has 84 valence electrons. The third-order valence-electron chi connectivity index (χ3n) is 2.52. The van der Waals surface area contributed by atoms with Crippen LogP contribution in [0.5, 0.6) is 0 Å². The van der Waals surface area contributed by atoms with Gasteiger partial charge in [-0.25, -0.2) is 4.98 Å². The molecule has 0 saturated carbocycles. The second-order valence-corrected chi connectivity index (χ2v) is 4.17. The zero-order chi connectivity index (χ0) is 11.4. The molecular weight excluding hydrogens is 226 g/mol. The van der Waals surface area contributed by atoms with E-state index in [1.54, 1.807) is 12.1 Å². The van der Waals surface area contributed by atoms with Gasteiger partial charge in [-0.15, -0.1) is 0 Å². The lowest BCUT2D eigenvalue weighted by Gasteiger charge is -2.10. The van der Waals surface area contributed by atoms with Gasteiger partial charge in [0.25, 0.3) is 0 Å². The van der Waals surface area contributed by atoms with E-state index < -0.39 is 0 Å². The van der Waals surface area contributed by atoms with Crippen LogP contribution < -0.4 is 5.32 Å². The van der Waals surface area contributed by atoms with Crippen LogP contribution in [0.2, 0.25) is 5.15 Å². The zero-order valence-electron chi connectivity index (χ0n) is 8.74. The highest BCUT2D eigenvalue weighted by molar-refractivity contribution is 6.29. The molecular formula is C11H12ClN3O. The Bertz CT molecular complexity index is 410. The van der Waals surface area contributed by atoms with Crippen molar-refractivity contribution in [2.75, 3.05) is 25.1 Å². The normalized spacial score (nSPS) is 19.4. The van der Waals surface area contributed by atoms with E-state index in [1.807, 2.05) is 6.07 Å². The smallest absolute Gasteiger partial charge is 0.132 e. The van der Waals surface area contributed by atoms with E-state index in [0.29, 0.717) is 22.5 Å². The summed E-state index contributed by atoms with van der Waals surface area (Å²) >= 11 is 5.80. The molecule has 1 aromatic heterocycles. The van der Waals surface area contributed by atoms with Crippen LogP contribution in [0.1, 0.15) is 12.0 Å². The first-order chi connectivity index (χ1) is 7.78. The largest absolute Gasteiger partial charge is 0.381 e. The standard InChI is InChI=1S/C11H12ClN3O/c12-10-3-9(5-13)4-11(15-10)14-6-8-1-2-16-7-8/h3-4,8H,1-2,6-7H2,(H,14,15). The summed E-state index contributed by atoms with van der Waals surface area (Å²) in [7, 11) is 0. The minimum absolute atomic E-state index is 0.337. The summed E-state index contributed by atoms with van der Waals surface area (Å²) in [5.74, 6) is 1.17. The van der Waals surface area contributed by atoms with Crippen molar-refractivity contribution in [1.82, 2.24) is 4.98 Å². The first kappa shape index (κ1) is 11.2. The molecule has 1 unspecified atom stereocenters. The molecule has 1 atom stereocenters. The molecule has 0 amide bonds. The van der Waals surface area contributed by atoms with Crippen LogP contribution in [0.25, 0.3) is 0 Å². The van der Waals surface area contributed by atoms with Crippen LogP contribution in [0, 0.1) is 17.2 Å². The Kier molecular flexibility index (Phi) is 3.60. The average Bonchev–Trinajstić information content (AvgIpc) is 2.78. The molecule has 0 radical (unpaired) electrons. The number of nitrogens with one attached hydrogen (secondary N) is 1. The maximum atomic E-state index is 8.78. The summed E-state index contributed by atoms with van der Waals surface area (Å²) in [6.07, 6.45) is 1.07. The summed E-state index contributed by atoms with van der Waals surface area (Å²) in [6.45, 7) is 2.43. The first-order valence-corrected chi connectivity index (χ1v) is 5.55. The van der Waals surface area contributed by atoms with Gasteiger partial charge in [-0.1, -0.05) is 11.6 Å². The number of aromatic nitrogens is 1. The Morgan fingerprint density at radius 3 is 3.19 bits per heavy atom. The Morgan fingerprint density at radius 1 is 1.62 bits per heavy atom. The third-order valence-corrected chi connectivity index (χ3v) is 2.71. The van der Waals surface area contributed by atoms with Gasteiger partial charge in [0.05, 0.1) is 18.2 Å². The molecule has 1 saturated heterocycles. The molecule has 0 spiro atoms. The van der Waals surface area contributed by atoms with Crippen molar-refractivity contribution in [2.24, 2.45) is 5.92 Å². The molecule has 0 bridgehead atoms. The zero-order valence-corrected chi connectivity index (χ0v) is 9.50. The van der Waals surface area contributed by atoms with Crippen LogP contribution in [-0.2, 0) is 4.74 Å². The van der Waals surface area contributed by atoms with Gasteiger partial charge in [-0.3, -0.25) is 0 Å². The van der Waals surface area contributed by atoms with Crippen LogP contribution in [-0.4, -0.2) is 24.7 Å². The topological polar surface area (TPSA) is 57.9 Å². The van der Waals surface area contributed by atoms with E-state index in [4.69, 9.17) is 21.6 Å². The van der Waals surface area contributed by atoms with E-state index in [-0.39, 0.29) is 0 Å². The molecule has 5 heteroatoms. The Labute approximate surface area is 99.2 Å². The highest BCUT2D eigenvalue weighted by atomic mass is 35.5. The van der Waals surface area contributed by atoms with Crippen LogP contribution in [0.4, 0.5) is 5.82 Å². The van der Waals surface area contributed by atoms with Crippen LogP contribution in [0.3, 0.4) is 0 Å². The van der Waals surface area contributed by atoms with Crippen molar-refractivity contribution >= 4 is 17.4 Å². The molecule has 2 heterocycles. The molecule has 4 nitrogen and oxygen atoms in total. The second-order valence-electron chi connectivity index (χ2n) is 3.79. The average molecular weight is 238 g/mol. The third kappa shape index (κ3) is 2.84. The predicted octanol–water partition coefficient (Wildman–Crippen LogP) is 2.06. The number of halogens is 1. The summed E-state index contributed by atoms with van der Waals surface area (Å²) in [6, 6.07) is 5.29. The van der Waals surface area contributed by atoms with Crippen molar-refractivity contribution in [3.05, 3.63) is 22.8 Å². The van der Waals surface area contributed by atoms with Crippen molar-refractivity contribution in [2.45, 2.75) is 6.42 Å². The molecule has 1 aliphatic heterocycles. The van der Waals surface area contributed by atoms with Crippen molar-refractivity contribution in [3.8, 4) is 6.07 Å². The van der Waals surface area contributed by atoms with Gasteiger partial charge >= 0.3 is 0 Å². The maximum absolute atomic E-state index is 8.78. The lowest BCUT2D eigenvalue weighted by molar-refractivity contribution is 0.187. The SMILES string of the molecule is N#Cc1cc(Cl)nc(NCC2CCOC2)c1. The summed E-state index contributed by atoms with van der Waals surface area (Å²) in [4.78, 5) is 4.11. The molecule has 0 aromatic carbocycles. The van der Waals surface area contributed by atoms with E-state index in [2.05, 4.69) is 10.3 Å².